The minimum Gasteiger partial charge on any atom is -0.279 e. The second-order valence-corrected chi connectivity index (χ2v) is 8.21. The summed E-state index contributed by atoms with van der Waals surface area (Å²) >= 11 is 7.36. The zero-order valence-corrected chi connectivity index (χ0v) is 13.4. The summed E-state index contributed by atoms with van der Waals surface area (Å²) in [5, 5.41) is 1.88. The lowest BCUT2D eigenvalue weighted by Crippen LogP contribution is -2.38. The van der Waals surface area contributed by atoms with Crippen LogP contribution < -0.4 is 4.72 Å². The van der Waals surface area contributed by atoms with Crippen molar-refractivity contribution in [1.82, 2.24) is 14.1 Å². The Labute approximate surface area is 127 Å². The monoisotopic (exact) mass is 333 g/mol. The van der Waals surface area contributed by atoms with Crippen molar-refractivity contribution in [2.45, 2.75) is 43.7 Å². The van der Waals surface area contributed by atoms with E-state index in [1.807, 2.05) is 0 Å². The Balaban J connectivity index is 1.91. The number of hydrogen-bond donors (Lipinski definition) is 1. The van der Waals surface area contributed by atoms with Crippen LogP contribution in [0.1, 0.15) is 32.6 Å². The third kappa shape index (κ3) is 2.59. The molecule has 1 fully saturated rings. The van der Waals surface area contributed by atoms with Gasteiger partial charge in [-0.25, -0.2) is 18.1 Å². The van der Waals surface area contributed by atoms with Gasteiger partial charge in [0.2, 0.25) is 0 Å². The number of hydrogen-bond acceptors (Lipinski definition) is 4. The van der Waals surface area contributed by atoms with Gasteiger partial charge in [-0.05, 0) is 18.8 Å². The Morgan fingerprint density at radius 3 is 3.05 bits per heavy atom. The number of sulfonamides is 1. The summed E-state index contributed by atoms with van der Waals surface area (Å²) in [5.41, 5.74) is 0. The molecule has 5 nitrogen and oxygen atoms in total. The molecule has 20 heavy (non-hydrogen) atoms. The van der Waals surface area contributed by atoms with Gasteiger partial charge in [-0.2, -0.15) is 0 Å². The Morgan fingerprint density at radius 2 is 2.30 bits per heavy atom. The number of nitrogens with one attached hydrogen (secondary N) is 1. The molecule has 1 aliphatic carbocycles. The molecule has 0 radical (unpaired) electrons. The van der Waals surface area contributed by atoms with Gasteiger partial charge in [-0.1, -0.05) is 31.4 Å². The number of imidazole rings is 1. The second kappa shape index (κ2) is 5.29. The molecule has 1 aliphatic rings. The number of thiazole rings is 1. The fraction of sp³-hybridized carbons (Fsp3) is 0.583. The molecule has 0 bridgehead atoms. The van der Waals surface area contributed by atoms with Gasteiger partial charge < -0.3 is 0 Å². The number of halogens is 1. The molecule has 1 saturated carbocycles. The van der Waals surface area contributed by atoms with E-state index in [-0.39, 0.29) is 16.2 Å². The van der Waals surface area contributed by atoms with E-state index in [1.54, 1.807) is 11.6 Å². The van der Waals surface area contributed by atoms with E-state index in [9.17, 15) is 8.42 Å². The molecule has 0 amide bonds. The SMILES string of the molecule is CC1CCCC(NS(=O)(=O)c2c(Cl)nc3sccn23)C1. The minimum absolute atomic E-state index is 0.0102. The van der Waals surface area contributed by atoms with Gasteiger partial charge in [0.1, 0.15) is 0 Å². The maximum absolute atomic E-state index is 12.5. The molecule has 3 rings (SSSR count). The Kier molecular flexibility index (Phi) is 3.79. The van der Waals surface area contributed by atoms with Crippen LogP contribution in [0.25, 0.3) is 4.96 Å². The van der Waals surface area contributed by atoms with Crippen molar-refractivity contribution in [1.29, 1.82) is 0 Å². The van der Waals surface area contributed by atoms with Crippen LogP contribution in [-0.4, -0.2) is 23.8 Å². The van der Waals surface area contributed by atoms with Crippen molar-refractivity contribution in [3.05, 3.63) is 16.7 Å². The fourth-order valence-electron chi connectivity index (χ4n) is 2.80. The van der Waals surface area contributed by atoms with E-state index in [4.69, 9.17) is 11.6 Å². The molecule has 0 saturated heterocycles. The third-order valence-corrected chi connectivity index (χ3v) is 6.37. The molecule has 0 aliphatic heterocycles. The molecule has 110 valence electrons. The van der Waals surface area contributed by atoms with Crippen LogP contribution in [0, 0.1) is 5.92 Å². The number of fused-ring (bicyclic) bond motifs is 1. The first kappa shape index (κ1) is 14.3. The molecule has 2 heterocycles. The van der Waals surface area contributed by atoms with Crippen molar-refractivity contribution in [3.8, 4) is 0 Å². The molecule has 0 spiro atoms. The van der Waals surface area contributed by atoms with E-state index in [0.29, 0.717) is 10.9 Å². The van der Waals surface area contributed by atoms with Gasteiger partial charge >= 0.3 is 0 Å². The highest BCUT2D eigenvalue weighted by molar-refractivity contribution is 7.89. The van der Waals surface area contributed by atoms with Gasteiger partial charge in [0.15, 0.2) is 15.1 Å². The Bertz CT molecular complexity index is 722. The van der Waals surface area contributed by atoms with E-state index in [0.717, 1.165) is 19.3 Å². The summed E-state index contributed by atoms with van der Waals surface area (Å²) in [5.74, 6) is 0.554. The molecule has 2 aromatic rings. The lowest BCUT2D eigenvalue weighted by molar-refractivity contribution is 0.327. The first-order valence-electron chi connectivity index (χ1n) is 6.61. The summed E-state index contributed by atoms with van der Waals surface area (Å²) < 4.78 is 29.4. The van der Waals surface area contributed by atoms with Gasteiger partial charge in [-0.15, -0.1) is 11.3 Å². The smallest absolute Gasteiger partial charge is 0.260 e. The third-order valence-electron chi connectivity index (χ3n) is 3.69. The maximum atomic E-state index is 12.5. The first-order valence-corrected chi connectivity index (χ1v) is 9.35. The molecule has 8 heteroatoms. The largest absolute Gasteiger partial charge is 0.279 e. The van der Waals surface area contributed by atoms with Crippen molar-refractivity contribution < 1.29 is 8.42 Å². The van der Waals surface area contributed by atoms with Crippen molar-refractivity contribution >= 4 is 37.9 Å². The lowest BCUT2D eigenvalue weighted by atomic mass is 9.88. The van der Waals surface area contributed by atoms with Gasteiger partial charge in [0.25, 0.3) is 10.0 Å². The normalized spacial score (nSPS) is 24.3. The average molecular weight is 334 g/mol. The van der Waals surface area contributed by atoms with Crippen LogP contribution in [0.4, 0.5) is 0 Å². The Morgan fingerprint density at radius 1 is 1.50 bits per heavy atom. The minimum atomic E-state index is -3.64. The van der Waals surface area contributed by atoms with Crippen LogP contribution in [0.15, 0.2) is 16.6 Å². The van der Waals surface area contributed by atoms with E-state index in [1.165, 1.54) is 22.2 Å². The van der Waals surface area contributed by atoms with Crippen LogP contribution >= 0.6 is 22.9 Å². The van der Waals surface area contributed by atoms with Crippen LogP contribution in [-0.2, 0) is 10.0 Å². The number of aromatic nitrogens is 2. The van der Waals surface area contributed by atoms with Crippen molar-refractivity contribution in [3.63, 3.8) is 0 Å². The second-order valence-electron chi connectivity index (χ2n) is 5.35. The van der Waals surface area contributed by atoms with Crippen molar-refractivity contribution in [2.24, 2.45) is 5.92 Å². The quantitative estimate of drug-likeness (QED) is 0.939. The summed E-state index contributed by atoms with van der Waals surface area (Å²) in [6.45, 7) is 2.16. The summed E-state index contributed by atoms with van der Waals surface area (Å²) in [7, 11) is -3.64. The fourth-order valence-corrected chi connectivity index (χ4v) is 5.53. The van der Waals surface area contributed by atoms with Crippen LogP contribution in [0.3, 0.4) is 0 Å². The summed E-state index contributed by atoms with van der Waals surface area (Å²) in [6.07, 6.45) is 5.66. The highest BCUT2D eigenvalue weighted by Crippen LogP contribution is 2.28. The molecular formula is C12H16ClN3O2S2. The van der Waals surface area contributed by atoms with E-state index < -0.39 is 10.0 Å². The predicted octanol–water partition coefficient (Wildman–Crippen LogP) is 2.91. The summed E-state index contributed by atoms with van der Waals surface area (Å²) in [6, 6.07) is -0.0102. The van der Waals surface area contributed by atoms with Crippen LogP contribution in [0.2, 0.25) is 5.15 Å². The molecule has 0 aromatic carbocycles. The number of rotatable bonds is 3. The van der Waals surface area contributed by atoms with Crippen molar-refractivity contribution in [2.75, 3.05) is 0 Å². The molecular weight excluding hydrogens is 318 g/mol. The molecule has 2 unspecified atom stereocenters. The average Bonchev–Trinajstić information content (AvgIpc) is 2.87. The first-order chi connectivity index (χ1) is 9.47. The number of nitrogens with zero attached hydrogens (tertiary/aromatic N) is 2. The zero-order valence-electron chi connectivity index (χ0n) is 11.0. The highest BCUT2D eigenvalue weighted by Gasteiger charge is 2.29. The van der Waals surface area contributed by atoms with E-state index >= 15 is 0 Å². The van der Waals surface area contributed by atoms with Gasteiger partial charge in [-0.3, -0.25) is 4.40 Å². The standard InChI is InChI=1S/C12H16ClN3O2S2/c1-8-3-2-4-9(7-8)15-20(17,18)11-10(13)14-12-16(11)5-6-19-12/h5-6,8-9,15H,2-4,7H2,1H3. The van der Waals surface area contributed by atoms with Gasteiger partial charge in [0.05, 0.1) is 0 Å². The topological polar surface area (TPSA) is 63.5 Å². The predicted molar refractivity (Wildman–Crippen MR) is 79.8 cm³/mol. The zero-order chi connectivity index (χ0) is 14.3. The molecule has 1 N–H and O–H groups in total. The Hall–Kier alpha value is -0.630. The molecule has 2 aromatic heterocycles. The lowest BCUT2D eigenvalue weighted by Gasteiger charge is -2.27. The molecule has 2 atom stereocenters. The maximum Gasteiger partial charge on any atom is 0.260 e. The summed E-state index contributed by atoms with van der Waals surface area (Å²) in [4.78, 5) is 4.67. The van der Waals surface area contributed by atoms with Crippen LogP contribution in [0.5, 0.6) is 0 Å². The van der Waals surface area contributed by atoms with Gasteiger partial charge in [0, 0.05) is 17.6 Å². The highest BCUT2D eigenvalue weighted by atomic mass is 35.5. The van der Waals surface area contributed by atoms with E-state index in [2.05, 4.69) is 16.6 Å².